The molecule has 7 heteroatoms. The molecule has 2 rings (SSSR count). The summed E-state index contributed by atoms with van der Waals surface area (Å²) in [5.74, 6) is -3.48. The number of halogens is 2. The molecule has 0 saturated heterocycles. The number of carbonyl (C=O) groups is 2. The molecule has 0 bridgehead atoms. The third-order valence-electron chi connectivity index (χ3n) is 2.68. The lowest BCUT2D eigenvalue weighted by molar-refractivity contribution is 0.0693. The molecule has 0 aliphatic heterocycles. The van der Waals surface area contributed by atoms with Crippen molar-refractivity contribution in [3.63, 3.8) is 0 Å². The van der Waals surface area contributed by atoms with E-state index in [1.807, 2.05) is 0 Å². The molecule has 0 radical (unpaired) electrons. The zero-order chi connectivity index (χ0) is 15.6. The molecule has 108 valence electrons. The van der Waals surface area contributed by atoms with Crippen LogP contribution in [0.4, 0.5) is 10.1 Å². The number of nitrogens with one attached hydrogen (secondary N) is 1. The SMILES string of the molecule is O=C(Nc1cccc(F)c1C(=O)O)c1ccc(Br)cc1O. The van der Waals surface area contributed by atoms with Gasteiger partial charge >= 0.3 is 5.97 Å². The van der Waals surface area contributed by atoms with Gasteiger partial charge in [-0.15, -0.1) is 0 Å². The van der Waals surface area contributed by atoms with Crippen LogP contribution in [0.25, 0.3) is 0 Å². The van der Waals surface area contributed by atoms with Gasteiger partial charge < -0.3 is 15.5 Å². The van der Waals surface area contributed by atoms with Crippen LogP contribution in [0.1, 0.15) is 20.7 Å². The van der Waals surface area contributed by atoms with E-state index >= 15 is 0 Å². The molecule has 3 N–H and O–H groups in total. The number of aromatic hydroxyl groups is 1. The number of anilines is 1. The molecule has 0 aliphatic rings. The number of benzene rings is 2. The lowest BCUT2D eigenvalue weighted by Crippen LogP contribution is -2.16. The Morgan fingerprint density at radius 2 is 1.90 bits per heavy atom. The molecule has 0 fully saturated rings. The minimum Gasteiger partial charge on any atom is -0.507 e. The minimum absolute atomic E-state index is 0.0567. The van der Waals surface area contributed by atoms with Gasteiger partial charge in [0.2, 0.25) is 0 Å². The van der Waals surface area contributed by atoms with Gasteiger partial charge in [-0.3, -0.25) is 4.79 Å². The highest BCUT2D eigenvalue weighted by Crippen LogP contribution is 2.25. The van der Waals surface area contributed by atoms with E-state index in [0.29, 0.717) is 4.47 Å². The second kappa shape index (κ2) is 5.92. The Bertz CT molecular complexity index is 733. The summed E-state index contributed by atoms with van der Waals surface area (Å²) in [7, 11) is 0. The van der Waals surface area contributed by atoms with Gasteiger partial charge in [0.25, 0.3) is 5.91 Å². The molecule has 0 heterocycles. The van der Waals surface area contributed by atoms with Crippen molar-refractivity contribution in [3.8, 4) is 5.75 Å². The quantitative estimate of drug-likeness (QED) is 0.790. The lowest BCUT2D eigenvalue weighted by atomic mass is 10.1. The normalized spacial score (nSPS) is 10.2. The van der Waals surface area contributed by atoms with Crippen molar-refractivity contribution in [1.82, 2.24) is 0 Å². The second-order valence-corrected chi connectivity index (χ2v) is 5.00. The number of hydrogen-bond donors (Lipinski definition) is 3. The Kier molecular flexibility index (Phi) is 4.23. The molecular weight excluding hydrogens is 345 g/mol. The van der Waals surface area contributed by atoms with Crippen LogP contribution in [-0.4, -0.2) is 22.1 Å². The number of rotatable bonds is 3. The van der Waals surface area contributed by atoms with Crippen LogP contribution in [0.2, 0.25) is 0 Å². The first-order chi connectivity index (χ1) is 9.90. The molecule has 0 aliphatic carbocycles. The molecule has 2 aromatic carbocycles. The first-order valence-corrected chi connectivity index (χ1v) is 6.51. The van der Waals surface area contributed by atoms with Gasteiger partial charge in [0, 0.05) is 4.47 Å². The molecule has 2 aromatic rings. The Morgan fingerprint density at radius 3 is 2.52 bits per heavy atom. The van der Waals surface area contributed by atoms with E-state index in [0.717, 1.165) is 6.07 Å². The zero-order valence-electron chi connectivity index (χ0n) is 10.4. The Labute approximate surface area is 127 Å². The van der Waals surface area contributed by atoms with Gasteiger partial charge in [-0.1, -0.05) is 22.0 Å². The van der Waals surface area contributed by atoms with Crippen LogP contribution in [0.3, 0.4) is 0 Å². The van der Waals surface area contributed by atoms with E-state index < -0.39 is 23.3 Å². The number of carboxylic acids is 1. The lowest BCUT2D eigenvalue weighted by Gasteiger charge is -2.10. The third kappa shape index (κ3) is 3.19. The first-order valence-electron chi connectivity index (χ1n) is 5.72. The van der Waals surface area contributed by atoms with Gasteiger partial charge in [-0.25, -0.2) is 9.18 Å². The summed E-state index contributed by atoms with van der Waals surface area (Å²) in [6.45, 7) is 0. The van der Waals surface area contributed by atoms with Crippen molar-refractivity contribution in [2.75, 3.05) is 5.32 Å². The molecule has 0 saturated carbocycles. The fraction of sp³-hybridized carbons (Fsp3) is 0. The van der Waals surface area contributed by atoms with Crippen molar-refractivity contribution in [2.45, 2.75) is 0 Å². The molecule has 21 heavy (non-hydrogen) atoms. The predicted octanol–water partition coefficient (Wildman–Crippen LogP) is 3.24. The van der Waals surface area contributed by atoms with Crippen LogP contribution < -0.4 is 5.32 Å². The first kappa shape index (κ1) is 15.0. The van der Waals surface area contributed by atoms with Crippen molar-refractivity contribution < 1.29 is 24.2 Å². The van der Waals surface area contributed by atoms with E-state index in [-0.39, 0.29) is 17.0 Å². The van der Waals surface area contributed by atoms with Crippen LogP contribution in [-0.2, 0) is 0 Å². The average Bonchev–Trinajstić information content (AvgIpc) is 2.37. The summed E-state index contributed by atoms with van der Waals surface area (Å²) >= 11 is 3.13. The summed E-state index contributed by atoms with van der Waals surface area (Å²) in [5.41, 5.74) is -0.879. The highest BCUT2D eigenvalue weighted by Gasteiger charge is 2.19. The third-order valence-corrected chi connectivity index (χ3v) is 3.17. The number of carbonyl (C=O) groups excluding carboxylic acids is 1. The zero-order valence-corrected chi connectivity index (χ0v) is 12.0. The van der Waals surface area contributed by atoms with Gasteiger partial charge in [-0.05, 0) is 30.3 Å². The van der Waals surface area contributed by atoms with Crippen LogP contribution in [0.15, 0.2) is 40.9 Å². The van der Waals surface area contributed by atoms with E-state index in [4.69, 9.17) is 5.11 Å². The Morgan fingerprint density at radius 1 is 1.19 bits per heavy atom. The van der Waals surface area contributed by atoms with Gasteiger partial charge in [0.15, 0.2) is 0 Å². The van der Waals surface area contributed by atoms with E-state index in [2.05, 4.69) is 21.2 Å². The van der Waals surface area contributed by atoms with Crippen molar-refractivity contribution >= 4 is 33.5 Å². The molecule has 0 spiro atoms. The number of phenols is 1. The number of phenolic OH excluding ortho intramolecular Hbond substituents is 1. The number of aromatic carboxylic acids is 1. The fourth-order valence-electron chi connectivity index (χ4n) is 1.73. The topological polar surface area (TPSA) is 86.6 Å². The standard InChI is InChI=1S/C14H9BrFNO4/c15-7-4-5-8(11(18)6-7)13(19)17-10-3-1-2-9(16)12(10)14(20)21/h1-6,18H,(H,17,19)(H,20,21). The van der Waals surface area contributed by atoms with Crippen LogP contribution in [0, 0.1) is 5.82 Å². The molecule has 5 nitrogen and oxygen atoms in total. The molecule has 1 amide bonds. The molecule has 0 atom stereocenters. The maximum absolute atomic E-state index is 13.5. The molecule has 0 aromatic heterocycles. The molecular formula is C14H9BrFNO4. The van der Waals surface area contributed by atoms with E-state index in [1.165, 1.54) is 30.3 Å². The van der Waals surface area contributed by atoms with E-state index in [1.54, 1.807) is 0 Å². The fourth-order valence-corrected chi connectivity index (χ4v) is 2.08. The maximum Gasteiger partial charge on any atom is 0.340 e. The largest absolute Gasteiger partial charge is 0.507 e. The van der Waals surface area contributed by atoms with Crippen molar-refractivity contribution in [3.05, 3.63) is 57.8 Å². The van der Waals surface area contributed by atoms with Gasteiger partial charge in [0.1, 0.15) is 17.1 Å². The maximum atomic E-state index is 13.5. The summed E-state index contributed by atoms with van der Waals surface area (Å²) in [4.78, 5) is 23.1. The smallest absolute Gasteiger partial charge is 0.340 e. The van der Waals surface area contributed by atoms with E-state index in [9.17, 15) is 19.1 Å². The highest BCUT2D eigenvalue weighted by molar-refractivity contribution is 9.10. The highest BCUT2D eigenvalue weighted by atomic mass is 79.9. The minimum atomic E-state index is -1.50. The van der Waals surface area contributed by atoms with Gasteiger partial charge in [-0.2, -0.15) is 0 Å². The summed E-state index contributed by atoms with van der Waals surface area (Å²) < 4.78 is 14.1. The average molecular weight is 354 g/mol. The monoisotopic (exact) mass is 353 g/mol. The summed E-state index contributed by atoms with van der Waals surface area (Å²) in [6, 6.07) is 7.74. The van der Waals surface area contributed by atoms with Gasteiger partial charge in [0.05, 0.1) is 11.3 Å². The van der Waals surface area contributed by atoms with Crippen molar-refractivity contribution in [2.24, 2.45) is 0 Å². The number of amides is 1. The Hall–Kier alpha value is -2.41. The second-order valence-electron chi connectivity index (χ2n) is 4.08. The predicted molar refractivity (Wildman–Crippen MR) is 77.1 cm³/mol. The number of hydrogen-bond acceptors (Lipinski definition) is 3. The van der Waals surface area contributed by atoms with Crippen LogP contribution >= 0.6 is 15.9 Å². The molecule has 0 unspecified atom stereocenters. The Balaban J connectivity index is 2.36. The summed E-state index contributed by atoms with van der Waals surface area (Å²) in [6.07, 6.45) is 0. The number of carboxylic acid groups (broad SMARTS) is 1. The summed E-state index contributed by atoms with van der Waals surface area (Å²) in [5, 5.41) is 20.9. The van der Waals surface area contributed by atoms with Crippen LogP contribution in [0.5, 0.6) is 5.75 Å². The van der Waals surface area contributed by atoms with Crippen molar-refractivity contribution in [1.29, 1.82) is 0 Å².